The lowest BCUT2D eigenvalue weighted by Crippen LogP contribution is -2.34. The Labute approximate surface area is 193 Å². The second kappa shape index (κ2) is 10.6. The highest BCUT2D eigenvalue weighted by Crippen LogP contribution is 2.30. The third kappa shape index (κ3) is 6.60. The van der Waals surface area contributed by atoms with Gasteiger partial charge < -0.3 is 19.3 Å². The van der Waals surface area contributed by atoms with Crippen LogP contribution in [-0.4, -0.2) is 48.8 Å². The van der Waals surface area contributed by atoms with Crippen LogP contribution in [-0.2, 0) is 28.0 Å². The Bertz CT molecular complexity index is 1160. The lowest BCUT2D eigenvalue weighted by atomic mass is 10.1. The molecule has 3 rings (SSSR count). The van der Waals surface area contributed by atoms with Crippen molar-refractivity contribution in [1.29, 1.82) is 5.26 Å². The normalized spacial score (nSPS) is 14.0. The molecule has 0 aromatic heterocycles. The van der Waals surface area contributed by atoms with Gasteiger partial charge in [0.1, 0.15) is 36.5 Å². The predicted molar refractivity (Wildman–Crippen MR) is 120 cm³/mol. The van der Waals surface area contributed by atoms with Crippen molar-refractivity contribution in [2.75, 3.05) is 18.9 Å². The molecular formula is C23H26N2O7S. The van der Waals surface area contributed by atoms with Crippen LogP contribution in [0, 0.1) is 11.3 Å². The molecule has 0 saturated heterocycles. The van der Waals surface area contributed by atoms with Crippen LogP contribution in [0.1, 0.15) is 37.0 Å². The fourth-order valence-corrected chi connectivity index (χ4v) is 4.66. The number of sulfonamides is 1. The van der Waals surface area contributed by atoms with Gasteiger partial charge in [-0.25, -0.2) is 8.42 Å². The Morgan fingerprint density at radius 3 is 2.76 bits per heavy atom. The summed E-state index contributed by atoms with van der Waals surface area (Å²) in [5.74, 6) is -0.0305. The third-order valence-corrected chi connectivity index (χ3v) is 6.70. The van der Waals surface area contributed by atoms with Gasteiger partial charge in [0.25, 0.3) is 0 Å². The van der Waals surface area contributed by atoms with E-state index in [1.807, 2.05) is 19.9 Å². The number of ether oxygens (including phenoxy) is 3. The first-order chi connectivity index (χ1) is 15.7. The Morgan fingerprint density at radius 1 is 1.27 bits per heavy atom. The molecule has 0 aliphatic carbocycles. The lowest BCUT2D eigenvalue weighted by molar-refractivity contribution is -0.136. The smallest absolute Gasteiger partial charge is 0.304 e. The summed E-state index contributed by atoms with van der Waals surface area (Å²) in [5, 5.41) is 18.2. The first kappa shape index (κ1) is 24.4. The van der Waals surface area contributed by atoms with Crippen molar-refractivity contribution in [2.45, 2.75) is 39.5 Å². The monoisotopic (exact) mass is 474 g/mol. The minimum Gasteiger partial charge on any atom is -0.492 e. The van der Waals surface area contributed by atoms with Gasteiger partial charge in [0.2, 0.25) is 10.0 Å². The van der Waals surface area contributed by atoms with E-state index in [9.17, 15) is 18.5 Å². The lowest BCUT2D eigenvalue weighted by Gasteiger charge is -2.19. The van der Waals surface area contributed by atoms with Crippen LogP contribution in [0.4, 0.5) is 0 Å². The van der Waals surface area contributed by atoms with Gasteiger partial charge >= 0.3 is 5.97 Å². The highest BCUT2D eigenvalue weighted by atomic mass is 32.2. The second-order valence-corrected chi connectivity index (χ2v) is 9.90. The minimum atomic E-state index is -3.71. The van der Waals surface area contributed by atoms with Crippen LogP contribution < -0.4 is 14.2 Å². The summed E-state index contributed by atoms with van der Waals surface area (Å²) in [6, 6.07) is 12.6. The maximum Gasteiger partial charge on any atom is 0.304 e. The maximum absolute atomic E-state index is 12.5. The van der Waals surface area contributed by atoms with Crippen LogP contribution in [0.3, 0.4) is 0 Å². The summed E-state index contributed by atoms with van der Waals surface area (Å²) < 4.78 is 43.4. The fourth-order valence-electron chi connectivity index (χ4n) is 3.28. The van der Waals surface area contributed by atoms with Gasteiger partial charge in [-0.05, 0) is 37.6 Å². The molecule has 33 heavy (non-hydrogen) atoms. The summed E-state index contributed by atoms with van der Waals surface area (Å²) in [7, 11) is -3.71. The van der Waals surface area contributed by atoms with E-state index in [0.717, 1.165) is 5.56 Å². The highest BCUT2D eigenvalue weighted by molar-refractivity contribution is 7.89. The summed E-state index contributed by atoms with van der Waals surface area (Å²) in [5.41, 5.74) is 1.90. The summed E-state index contributed by atoms with van der Waals surface area (Å²) >= 11 is 0. The zero-order chi connectivity index (χ0) is 24.0. The number of nitrogens with zero attached hydrogens (tertiary/aromatic N) is 2. The number of carboxylic acids is 1. The average Bonchev–Trinajstić information content (AvgIpc) is 2.99. The Morgan fingerprint density at radius 2 is 2.06 bits per heavy atom. The van der Waals surface area contributed by atoms with Crippen LogP contribution >= 0.6 is 0 Å². The summed E-state index contributed by atoms with van der Waals surface area (Å²) in [6.07, 6.45) is -0.487. The predicted octanol–water partition coefficient (Wildman–Crippen LogP) is 2.92. The van der Waals surface area contributed by atoms with Crippen molar-refractivity contribution < 1.29 is 32.5 Å². The molecule has 1 aliphatic rings. The summed E-state index contributed by atoms with van der Waals surface area (Å²) in [6.45, 7) is 4.39. The number of carboxylic acid groups (broad SMARTS) is 1. The second-order valence-electron chi connectivity index (χ2n) is 7.81. The van der Waals surface area contributed by atoms with E-state index in [0.29, 0.717) is 28.4 Å². The van der Waals surface area contributed by atoms with Gasteiger partial charge in [-0.1, -0.05) is 12.1 Å². The first-order valence-corrected chi connectivity index (χ1v) is 12.1. The number of rotatable bonds is 9. The van der Waals surface area contributed by atoms with Crippen molar-refractivity contribution in [3.63, 3.8) is 0 Å². The molecule has 1 heterocycles. The maximum atomic E-state index is 12.5. The van der Waals surface area contributed by atoms with E-state index in [2.05, 4.69) is 6.07 Å². The molecule has 176 valence electrons. The molecule has 0 unspecified atom stereocenters. The molecule has 2 aromatic carbocycles. The van der Waals surface area contributed by atoms with E-state index in [4.69, 9.17) is 19.3 Å². The molecule has 2 aromatic rings. The van der Waals surface area contributed by atoms with Gasteiger partial charge in [0, 0.05) is 24.7 Å². The Kier molecular flexibility index (Phi) is 7.79. The number of fused-ring (bicyclic) bond motifs is 1. The van der Waals surface area contributed by atoms with Gasteiger partial charge in [-0.3, -0.25) is 4.79 Å². The number of benzene rings is 2. The molecule has 1 aliphatic heterocycles. The highest BCUT2D eigenvalue weighted by Gasteiger charge is 2.26. The van der Waals surface area contributed by atoms with Crippen LogP contribution in [0.25, 0.3) is 0 Å². The van der Waals surface area contributed by atoms with Crippen LogP contribution in [0.5, 0.6) is 17.2 Å². The number of aliphatic carboxylic acids is 1. The molecule has 0 spiro atoms. The zero-order valence-corrected chi connectivity index (χ0v) is 19.3. The van der Waals surface area contributed by atoms with Crippen molar-refractivity contribution in [2.24, 2.45) is 0 Å². The quantitative estimate of drug-likeness (QED) is 0.588. The topological polar surface area (TPSA) is 126 Å². The average molecular weight is 475 g/mol. The number of hydrogen-bond donors (Lipinski definition) is 1. The van der Waals surface area contributed by atoms with E-state index >= 15 is 0 Å². The van der Waals surface area contributed by atoms with Crippen LogP contribution in [0.15, 0.2) is 36.4 Å². The van der Waals surface area contributed by atoms with E-state index < -0.39 is 28.2 Å². The molecule has 0 radical (unpaired) electrons. The van der Waals surface area contributed by atoms with Gasteiger partial charge in [0.15, 0.2) is 0 Å². The van der Waals surface area contributed by atoms with Gasteiger partial charge in [0.05, 0.1) is 23.8 Å². The molecular weight excluding hydrogens is 448 g/mol. The van der Waals surface area contributed by atoms with Crippen molar-refractivity contribution in [3.8, 4) is 23.3 Å². The van der Waals surface area contributed by atoms with Gasteiger partial charge in [-0.2, -0.15) is 9.57 Å². The molecule has 0 saturated carbocycles. The summed E-state index contributed by atoms with van der Waals surface area (Å²) in [4.78, 5) is 10.7. The molecule has 1 N–H and O–H groups in total. The van der Waals surface area contributed by atoms with Crippen molar-refractivity contribution in [3.05, 3.63) is 53.1 Å². The van der Waals surface area contributed by atoms with E-state index in [1.54, 1.807) is 30.3 Å². The molecule has 0 bridgehead atoms. The standard InChI is InChI=1S/C23H26N2O7S/c1-16(2)32-21-6-3-17(11-19(21)13-24)15-31-20-5-4-18-14-25(8-9-30-22(18)12-20)33(28,29)10-7-23(26)27/h3-6,11-12,16H,7-10,14-15H2,1-2H3,(H,26,27). The fraction of sp³-hybridized carbons (Fsp3) is 0.391. The Hall–Kier alpha value is -3.29. The molecule has 0 atom stereocenters. The van der Waals surface area contributed by atoms with E-state index in [-0.39, 0.29) is 32.4 Å². The van der Waals surface area contributed by atoms with Crippen molar-refractivity contribution in [1.82, 2.24) is 4.31 Å². The zero-order valence-electron chi connectivity index (χ0n) is 18.5. The number of nitriles is 1. The van der Waals surface area contributed by atoms with Crippen LogP contribution in [0.2, 0.25) is 0 Å². The molecule has 0 fully saturated rings. The first-order valence-electron chi connectivity index (χ1n) is 10.5. The SMILES string of the molecule is CC(C)Oc1ccc(COc2ccc3c(c2)OCCN(S(=O)(=O)CCC(=O)O)C3)cc1C#N. The number of hydrogen-bond acceptors (Lipinski definition) is 7. The number of carbonyl (C=O) groups is 1. The molecule has 0 amide bonds. The Balaban J connectivity index is 1.68. The van der Waals surface area contributed by atoms with Gasteiger partial charge in [-0.15, -0.1) is 0 Å². The third-order valence-electron chi connectivity index (χ3n) is 4.88. The largest absolute Gasteiger partial charge is 0.492 e. The minimum absolute atomic E-state index is 0.0399. The molecule has 10 heteroatoms. The van der Waals surface area contributed by atoms with Crippen molar-refractivity contribution >= 4 is 16.0 Å². The van der Waals surface area contributed by atoms with E-state index in [1.165, 1.54) is 4.31 Å². The molecule has 9 nitrogen and oxygen atoms in total.